The predicted molar refractivity (Wildman–Crippen MR) is 66.2 cm³/mol. The molecule has 16 heavy (non-hydrogen) atoms. The van der Waals surface area contributed by atoms with E-state index in [-0.39, 0.29) is 12.0 Å². The lowest BCUT2D eigenvalue weighted by atomic mass is 10.1. The summed E-state index contributed by atoms with van der Waals surface area (Å²) >= 11 is 12.2. The molecule has 0 fully saturated rings. The average molecular weight is 263 g/mol. The lowest BCUT2D eigenvalue weighted by Gasteiger charge is -2.14. The van der Waals surface area contributed by atoms with Gasteiger partial charge in [0.25, 0.3) is 0 Å². The van der Waals surface area contributed by atoms with Gasteiger partial charge in [0.1, 0.15) is 16.4 Å². The Morgan fingerprint density at radius 3 is 2.00 bits per heavy atom. The first-order valence-corrected chi connectivity index (χ1v) is 6.07. The van der Waals surface area contributed by atoms with Crippen molar-refractivity contribution in [2.45, 2.75) is 39.7 Å². The van der Waals surface area contributed by atoms with Crippen LogP contribution < -0.4 is 0 Å². The Labute approximate surface area is 106 Å². The van der Waals surface area contributed by atoms with Crippen LogP contribution in [0.25, 0.3) is 0 Å². The van der Waals surface area contributed by atoms with Crippen LogP contribution in [-0.4, -0.2) is 16.6 Å². The summed E-state index contributed by atoms with van der Waals surface area (Å²) in [6, 6.07) is 0. The minimum Gasteiger partial charge on any atom is -0.371 e. The summed E-state index contributed by atoms with van der Waals surface area (Å²) in [5.41, 5.74) is 0.788. The van der Waals surface area contributed by atoms with Crippen molar-refractivity contribution < 1.29 is 4.74 Å². The van der Waals surface area contributed by atoms with Crippen LogP contribution in [0.15, 0.2) is 0 Å². The summed E-state index contributed by atoms with van der Waals surface area (Å²) in [6.45, 7) is 8.40. The van der Waals surface area contributed by atoms with Crippen LogP contribution in [0.3, 0.4) is 0 Å². The third-order valence-corrected chi connectivity index (χ3v) is 2.80. The molecule has 0 aromatic carbocycles. The molecule has 0 saturated heterocycles. The van der Waals surface area contributed by atoms with Gasteiger partial charge in [-0.25, -0.2) is 9.97 Å². The highest BCUT2D eigenvalue weighted by Crippen LogP contribution is 2.30. The molecule has 1 aromatic heterocycles. The normalized spacial score (nSPS) is 13.2. The maximum Gasteiger partial charge on any atom is 0.160 e. The molecule has 1 heterocycles. The molecule has 0 spiro atoms. The Kier molecular flexibility index (Phi) is 4.96. The Morgan fingerprint density at radius 2 is 1.62 bits per heavy atom. The van der Waals surface area contributed by atoms with Gasteiger partial charge in [0, 0.05) is 12.2 Å². The molecule has 0 aliphatic heterocycles. The van der Waals surface area contributed by atoms with E-state index in [1.54, 1.807) is 0 Å². The third kappa shape index (κ3) is 3.06. The fourth-order valence-corrected chi connectivity index (χ4v) is 2.25. The van der Waals surface area contributed by atoms with Gasteiger partial charge in [0.15, 0.2) is 5.82 Å². The van der Waals surface area contributed by atoms with Crippen molar-refractivity contribution in [1.29, 1.82) is 0 Å². The molecule has 1 unspecified atom stereocenters. The zero-order valence-corrected chi connectivity index (χ0v) is 11.4. The Balaban J connectivity index is 3.09. The fraction of sp³-hybridized carbons (Fsp3) is 0.636. The molecule has 0 amide bonds. The van der Waals surface area contributed by atoms with E-state index in [1.807, 2.05) is 27.7 Å². The zero-order chi connectivity index (χ0) is 12.3. The lowest BCUT2D eigenvalue weighted by molar-refractivity contribution is 0.0700. The molecule has 90 valence electrons. The smallest absolute Gasteiger partial charge is 0.160 e. The van der Waals surface area contributed by atoms with Crippen LogP contribution in [0, 0.1) is 0 Å². The molecule has 1 atom stereocenters. The first-order valence-electron chi connectivity index (χ1n) is 5.31. The van der Waals surface area contributed by atoms with E-state index < -0.39 is 0 Å². The van der Waals surface area contributed by atoms with Crippen molar-refractivity contribution in [3.63, 3.8) is 0 Å². The lowest BCUT2D eigenvalue weighted by Crippen LogP contribution is -2.08. The summed E-state index contributed by atoms with van der Waals surface area (Å²) in [5.74, 6) is 0.734. The van der Waals surface area contributed by atoms with Gasteiger partial charge in [-0.1, -0.05) is 37.0 Å². The van der Waals surface area contributed by atoms with E-state index in [0.29, 0.717) is 22.7 Å². The van der Waals surface area contributed by atoms with Crippen LogP contribution in [0.1, 0.15) is 51.1 Å². The molecule has 0 bridgehead atoms. The first-order chi connectivity index (χ1) is 7.47. The van der Waals surface area contributed by atoms with E-state index in [1.165, 1.54) is 0 Å². The van der Waals surface area contributed by atoms with Gasteiger partial charge in [-0.2, -0.15) is 0 Å². The second-order valence-corrected chi connectivity index (χ2v) is 4.55. The van der Waals surface area contributed by atoms with Gasteiger partial charge in [0.05, 0.1) is 0 Å². The topological polar surface area (TPSA) is 35.0 Å². The van der Waals surface area contributed by atoms with Crippen LogP contribution >= 0.6 is 23.2 Å². The third-order valence-electron chi connectivity index (χ3n) is 2.23. The monoisotopic (exact) mass is 262 g/mol. The van der Waals surface area contributed by atoms with Crippen molar-refractivity contribution in [3.05, 3.63) is 21.7 Å². The number of aromatic nitrogens is 2. The molecule has 1 rings (SSSR count). The van der Waals surface area contributed by atoms with Crippen LogP contribution in [0.4, 0.5) is 0 Å². The Bertz CT molecular complexity index is 346. The van der Waals surface area contributed by atoms with E-state index in [9.17, 15) is 0 Å². The van der Waals surface area contributed by atoms with Gasteiger partial charge < -0.3 is 4.74 Å². The van der Waals surface area contributed by atoms with Gasteiger partial charge >= 0.3 is 0 Å². The molecule has 0 aliphatic rings. The summed E-state index contributed by atoms with van der Waals surface area (Å²) in [6.07, 6.45) is -0.193. The second kappa shape index (κ2) is 5.80. The van der Waals surface area contributed by atoms with Crippen molar-refractivity contribution >= 4 is 23.2 Å². The van der Waals surface area contributed by atoms with E-state index >= 15 is 0 Å². The molecule has 0 N–H and O–H groups in total. The van der Waals surface area contributed by atoms with Gasteiger partial charge in [-0.15, -0.1) is 0 Å². The number of nitrogens with zero attached hydrogens (tertiary/aromatic N) is 2. The van der Waals surface area contributed by atoms with Crippen molar-refractivity contribution in [3.8, 4) is 0 Å². The number of ether oxygens (including phenoxy) is 1. The molecule has 3 nitrogen and oxygen atoms in total. The highest BCUT2D eigenvalue weighted by Gasteiger charge is 2.17. The van der Waals surface area contributed by atoms with E-state index in [2.05, 4.69) is 9.97 Å². The summed E-state index contributed by atoms with van der Waals surface area (Å²) in [5, 5.41) is 0.827. The van der Waals surface area contributed by atoms with Crippen LogP contribution in [-0.2, 0) is 4.74 Å². The van der Waals surface area contributed by atoms with E-state index in [0.717, 1.165) is 5.56 Å². The molecule has 1 aromatic rings. The number of halogens is 2. The molecular weight excluding hydrogens is 247 g/mol. The Morgan fingerprint density at radius 1 is 1.12 bits per heavy atom. The summed E-state index contributed by atoms with van der Waals surface area (Å²) in [4.78, 5) is 8.44. The summed E-state index contributed by atoms with van der Waals surface area (Å²) < 4.78 is 5.40. The highest BCUT2D eigenvalue weighted by atomic mass is 35.5. The quantitative estimate of drug-likeness (QED) is 0.770. The average Bonchev–Trinajstić information content (AvgIpc) is 2.16. The number of rotatable bonds is 4. The predicted octanol–water partition coefficient (Wildman–Crippen LogP) is 4.00. The second-order valence-electron chi connectivity index (χ2n) is 3.83. The van der Waals surface area contributed by atoms with Crippen molar-refractivity contribution in [1.82, 2.24) is 9.97 Å². The maximum atomic E-state index is 6.08. The molecule has 0 saturated carbocycles. The number of hydrogen-bond acceptors (Lipinski definition) is 3. The SMILES string of the molecule is CCOC(C)c1nc(Cl)c(C(C)C)c(Cl)n1. The van der Waals surface area contributed by atoms with Crippen LogP contribution in [0.2, 0.25) is 10.3 Å². The van der Waals surface area contributed by atoms with Gasteiger partial charge in [-0.3, -0.25) is 0 Å². The maximum absolute atomic E-state index is 6.08. The van der Waals surface area contributed by atoms with Crippen molar-refractivity contribution in [2.75, 3.05) is 6.61 Å². The first kappa shape index (κ1) is 13.7. The number of hydrogen-bond donors (Lipinski definition) is 0. The standard InChI is InChI=1S/C11H16Cl2N2O/c1-5-16-7(4)11-14-9(12)8(6(2)3)10(13)15-11/h6-7H,5H2,1-4H3. The van der Waals surface area contributed by atoms with E-state index in [4.69, 9.17) is 27.9 Å². The van der Waals surface area contributed by atoms with Gasteiger partial charge in [-0.05, 0) is 19.8 Å². The zero-order valence-electron chi connectivity index (χ0n) is 9.92. The van der Waals surface area contributed by atoms with Gasteiger partial charge in [0.2, 0.25) is 0 Å². The molecule has 0 radical (unpaired) electrons. The Hall–Kier alpha value is -0.380. The molecule has 5 heteroatoms. The highest BCUT2D eigenvalue weighted by molar-refractivity contribution is 6.34. The van der Waals surface area contributed by atoms with Crippen molar-refractivity contribution in [2.24, 2.45) is 0 Å². The molecular formula is C11H16Cl2N2O. The molecule has 0 aliphatic carbocycles. The summed E-state index contributed by atoms with van der Waals surface area (Å²) in [7, 11) is 0. The minimum atomic E-state index is -0.193. The minimum absolute atomic E-state index is 0.193. The van der Waals surface area contributed by atoms with Crippen LogP contribution in [0.5, 0.6) is 0 Å². The largest absolute Gasteiger partial charge is 0.371 e. The fourth-order valence-electron chi connectivity index (χ4n) is 1.41.